The van der Waals surface area contributed by atoms with Crippen LogP contribution in [0.1, 0.15) is 81.2 Å². The maximum atomic E-state index is 15.5. The second kappa shape index (κ2) is 15.4. The van der Waals surface area contributed by atoms with E-state index in [1.54, 1.807) is 12.1 Å². The fourth-order valence-corrected chi connectivity index (χ4v) is 6.73. The highest BCUT2D eigenvalue weighted by Crippen LogP contribution is 2.38. The van der Waals surface area contributed by atoms with Crippen LogP contribution in [-0.2, 0) is 6.18 Å². The molecule has 1 fully saturated rings. The molecule has 2 N–H and O–H groups in total. The SMILES string of the molecule is C[C@@H]1CN(c2ccc(-c3cc(C(=O)NC(C)(C)CC(C)(C)C)c(F)cc3F)cc2NC(=O)c2cnc(OCCS)cc2C(F)(F)F)C[C@H](C)N1C. The average molecular weight is 736 g/mol. The molecule has 2 aromatic carbocycles. The van der Waals surface area contributed by atoms with Crippen LogP contribution in [0.3, 0.4) is 0 Å². The molecule has 278 valence electrons. The quantitative estimate of drug-likeness (QED) is 0.144. The summed E-state index contributed by atoms with van der Waals surface area (Å²) in [6.45, 7) is 14.8. The number of alkyl halides is 3. The molecular formula is C37H46F5N5O3S. The first-order valence-electron chi connectivity index (χ1n) is 16.7. The minimum absolute atomic E-state index is 0.00890. The van der Waals surface area contributed by atoms with Crippen molar-refractivity contribution in [2.75, 3.05) is 42.7 Å². The number of carbonyl (C=O) groups is 2. The Kier molecular flexibility index (Phi) is 12.0. The summed E-state index contributed by atoms with van der Waals surface area (Å²) in [7, 11) is 1.99. The van der Waals surface area contributed by atoms with Gasteiger partial charge in [-0.2, -0.15) is 25.8 Å². The molecule has 0 spiro atoms. The first-order valence-corrected chi connectivity index (χ1v) is 17.3. The molecule has 2 heterocycles. The van der Waals surface area contributed by atoms with Gasteiger partial charge in [0.2, 0.25) is 5.88 Å². The Hall–Kier alpha value is -3.91. The smallest absolute Gasteiger partial charge is 0.417 e. The van der Waals surface area contributed by atoms with Crippen LogP contribution in [0, 0.1) is 17.0 Å². The van der Waals surface area contributed by atoms with Crippen LogP contribution >= 0.6 is 12.6 Å². The third-order valence-electron chi connectivity index (χ3n) is 8.75. The van der Waals surface area contributed by atoms with Gasteiger partial charge in [-0.15, -0.1) is 0 Å². The van der Waals surface area contributed by atoms with Crippen molar-refractivity contribution in [3.63, 3.8) is 0 Å². The number of nitrogens with zero attached hydrogens (tertiary/aromatic N) is 3. The summed E-state index contributed by atoms with van der Waals surface area (Å²) in [4.78, 5) is 35.0. The fourth-order valence-electron chi connectivity index (χ4n) is 6.64. The van der Waals surface area contributed by atoms with Crippen molar-refractivity contribution < 1.29 is 36.3 Å². The highest BCUT2D eigenvalue weighted by Gasteiger charge is 2.37. The van der Waals surface area contributed by atoms with E-state index >= 15 is 8.78 Å². The Morgan fingerprint density at radius 1 is 0.941 bits per heavy atom. The van der Waals surface area contributed by atoms with Crippen LogP contribution in [0.4, 0.5) is 33.3 Å². The van der Waals surface area contributed by atoms with Crippen LogP contribution in [0.25, 0.3) is 11.1 Å². The lowest BCUT2D eigenvalue weighted by Crippen LogP contribution is -2.55. The van der Waals surface area contributed by atoms with Crippen molar-refractivity contribution in [3.8, 4) is 17.0 Å². The zero-order valence-corrected chi connectivity index (χ0v) is 31.0. The lowest BCUT2D eigenvalue weighted by Gasteiger charge is -2.44. The van der Waals surface area contributed by atoms with Crippen LogP contribution in [0.2, 0.25) is 0 Å². The summed E-state index contributed by atoms with van der Waals surface area (Å²) >= 11 is 3.99. The van der Waals surface area contributed by atoms with Crippen LogP contribution in [0.5, 0.6) is 5.88 Å². The largest absolute Gasteiger partial charge is 0.477 e. The van der Waals surface area contributed by atoms with E-state index in [0.717, 1.165) is 12.3 Å². The number of rotatable bonds is 10. The molecule has 51 heavy (non-hydrogen) atoms. The standard InChI is InChI=1S/C37H46F5N5O3S/c1-21-18-47(19-22(2)46(21)8)31-10-9-23(24-14-25(29(39)16-28(24)38)34(49)45-36(6,7)20-35(3,4)5)13-30(31)44-33(48)26-17-43-32(50-11-12-51)15-27(26)37(40,41)42/h9-10,13-17,21-22,51H,11-12,18-20H2,1-8H3,(H,44,48)(H,45,49)/t21-,22+. The molecule has 0 saturated carbocycles. The number of ether oxygens (including phenoxy) is 1. The number of benzene rings is 2. The van der Waals surface area contributed by atoms with Crippen molar-refractivity contribution in [1.29, 1.82) is 0 Å². The number of aromatic nitrogens is 1. The van der Waals surface area contributed by atoms with Gasteiger partial charge in [-0.3, -0.25) is 14.5 Å². The first-order chi connectivity index (χ1) is 23.6. The van der Waals surface area contributed by atoms with Crippen molar-refractivity contribution in [2.45, 2.75) is 78.7 Å². The Morgan fingerprint density at radius 3 is 2.18 bits per heavy atom. The van der Waals surface area contributed by atoms with Crippen molar-refractivity contribution in [1.82, 2.24) is 15.2 Å². The van der Waals surface area contributed by atoms with E-state index in [1.807, 2.05) is 60.4 Å². The molecule has 4 rings (SSSR count). The molecule has 1 aliphatic rings. The molecular weight excluding hydrogens is 689 g/mol. The number of hydrogen-bond donors (Lipinski definition) is 3. The van der Waals surface area contributed by atoms with Gasteiger partial charge in [-0.25, -0.2) is 13.8 Å². The van der Waals surface area contributed by atoms with E-state index < -0.39 is 46.3 Å². The maximum Gasteiger partial charge on any atom is 0.417 e. The number of anilines is 2. The number of likely N-dealkylation sites (N-methyl/N-ethyl adjacent to an activating group) is 1. The third kappa shape index (κ3) is 9.91. The number of hydrogen-bond acceptors (Lipinski definition) is 7. The minimum atomic E-state index is -4.92. The predicted octanol–water partition coefficient (Wildman–Crippen LogP) is 8.08. The summed E-state index contributed by atoms with van der Waals surface area (Å²) in [5.74, 6) is -3.94. The predicted molar refractivity (Wildman–Crippen MR) is 193 cm³/mol. The van der Waals surface area contributed by atoms with Gasteiger partial charge in [0.25, 0.3) is 11.8 Å². The van der Waals surface area contributed by atoms with Gasteiger partial charge < -0.3 is 20.3 Å². The lowest BCUT2D eigenvalue weighted by atomic mass is 9.81. The monoisotopic (exact) mass is 735 g/mol. The summed E-state index contributed by atoms with van der Waals surface area (Å²) in [6.07, 6.45) is -3.55. The normalized spacial score (nSPS) is 17.3. The van der Waals surface area contributed by atoms with E-state index in [0.29, 0.717) is 37.3 Å². The van der Waals surface area contributed by atoms with E-state index in [9.17, 15) is 22.8 Å². The molecule has 14 heteroatoms. The van der Waals surface area contributed by atoms with Crippen molar-refractivity contribution in [2.24, 2.45) is 5.41 Å². The van der Waals surface area contributed by atoms with E-state index in [2.05, 4.69) is 33.1 Å². The van der Waals surface area contributed by atoms with Crippen molar-refractivity contribution in [3.05, 3.63) is 70.9 Å². The van der Waals surface area contributed by atoms with Crippen LogP contribution in [-0.4, -0.2) is 71.8 Å². The highest BCUT2D eigenvalue weighted by molar-refractivity contribution is 7.80. The molecule has 1 saturated heterocycles. The molecule has 8 nitrogen and oxygen atoms in total. The number of amides is 2. The third-order valence-corrected chi connectivity index (χ3v) is 8.93. The summed E-state index contributed by atoms with van der Waals surface area (Å²) in [5.41, 5.74) is -2.65. The maximum absolute atomic E-state index is 15.5. The Morgan fingerprint density at radius 2 is 1.59 bits per heavy atom. The second-order valence-corrected chi connectivity index (χ2v) is 15.4. The van der Waals surface area contributed by atoms with Crippen LogP contribution < -0.4 is 20.3 Å². The summed E-state index contributed by atoms with van der Waals surface area (Å²) in [6, 6.07) is 7.15. The number of halogens is 5. The minimum Gasteiger partial charge on any atom is -0.477 e. The van der Waals surface area contributed by atoms with Gasteiger partial charge in [0.05, 0.1) is 34.7 Å². The number of carbonyl (C=O) groups excluding carboxylic acids is 2. The van der Waals surface area contributed by atoms with E-state index in [1.165, 1.54) is 6.07 Å². The lowest BCUT2D eigenvalue weighted by molar-refractivity contribution is -0.138. The van der Waals surface area contributed by atoms with Gasteiger partial charge >= 0.3 is 6.18 Å². The number of nitrogens with one attached hydrogen (secondary N) is 2. The summed E-state index contributed by atoms with van der Waals surface area (Å²) < 4.78 is 78.4. The number of pyridine rings is 1. The molecule has 3 aromatic rings. The number of piperazine rings is 1. The van der Waals surface area contributed by atoms with E-state index in [-0.39, 0.29) is 58.1 Å². The molecule has 2 atom stereocenters. The van der Waals surface area contributed by atoms with E-state index in [4.69, 9.17) is 4.74 Å². The molecule has 0 radical (unpaired) electrons. The Balaban J connectivity index is 1.80. The van der Waals surface area contributed by atoms with Crippen molar-refractivity contribution >= 4 is 35.8 Å². The zero-order chi connectivity index (χ0) is 38.1. The Labute approximate surface area is 301 Å². The first kappa shape index (κ1) is 39.9. The van der Waals surface area contributed by atoms with Gasteiger partial charge in [0, 0.05) is 60.4 Å². The molecule has 0 aliphatic carbocycles. The molecule has 0 bridgehead atoms. The van der Waals surface area contributed by atoms with Gasteiger partial charge in [-0.1, -0.05) is 26.8 Å². The number of thiol groups is 1. The molecule has 1 aromatic heterocycles. The second-order valence-electron chi connectivity index (χ2n) is 15.0. The van der Waals surface area contributed by atoms with Gasteiger partial charge in [0.1, 0.15) is 11.6 Å². The molecule has 0 unspecified atom stereocenters. The fraction of sp³-hybridized carbons (Fsp3) is 0.486. The topological polar surface area (TPSA) is 86.8 Å². The van der Waals surface area contributed by atoms with Gasteiger partial charge in [0.15, 0.2) is 0 Å². The summed E-state index contributed by atoms with van der Waals surface area (Å²) in [5, 5.41) is 5.45. The van der Waals surface area contributed by atoms with Gasteiger partial charge in [-0.05, 0) is 70.3 Å². The highest BCUT2D eigenvalue weighted by atomic mass is 32.1. The molecule has 1 aliphatic heterocycles. The zero-order valence-electron chi connectivity index (χ0n) is 30.1. The van der Waals surface area contributed by atoms with Crippen LogP contribution in [0.15, 0.2) is 42.6 Å². The molecule has 2 amide bonds. The Bertz CT molecular complexity index is 1750. The average Bonchev–Trinajstić information content (AvgIpc) is 3.00.